The molecule has 1 aromatic carbocycles. The van der Waals surface area contributed by atoms with Crippen LogP contribution in [0.15, 0.2) is 24.3 Å². The minimum Gasteiger partial charge on any atom is -0.469 e. The van der Waals surface area contributed by atoms with Gasteiger partial charge in [-0.15, -0.1) is 0 Å². The van der Waals surface area contributed by atoms with E-state index in [4.69, 9.17) is 5.26 Å². The smallest absolute Gasteiger partial charge is 0.309 e. The highest BCUT2D eigenvalue weighted by molar-refractivity contribution is 8.00. The van der Waals surface area contributed by atoms with E-state index in [1.54, 1.807) is 31.2 Å². The van der Waals surface area contributed by atoms with E-state index in [1.807, 2.05) is 6.07 Å². The lowest BCUT2D eigenvalue weighted by atomic mass is 10.2. The van der Waals surface area contributed by atoms with Gasteiger partial charge in [-0.1, -0.05) is 13.0 Å². The van der Waals surface area contributed by atoms with E-state index in [-0.39, 0.29) is 23.5 Å². The van der Waals surface area contributed by atoms with Crippen LogP contribution in [0.2, 0.25) is 0 Å². The molecule has 0 aliphatic carbocycles. The van der Waals surface area contributed by atoms with Crippen molar-refractivity contribution in [2.75, 3.05) is 23.9 Å². The van der Waals surface area contributed by atoms with Crippen molar-refractivity contribution in [2.45, 2.75) is 6.92 Å². The lowest BCUT2D eigenvalue weighted by molar-refractivity contribution is -0.144. The van der Waals surface area contributed by atoms with E-state index in [2.05, 4.69) is 10.1 Å². The predicted molar refractivity (Wildman–Crippen MR) is 78.3 cm³/mol. The first-order valence-corrected chi connectivity index (χ1v) is 7.18. The molecule has 20 heavy (non-hydrogen) atoms. The van der Waals surface area contributed by atoms with Crippen LogP contribution < -0.4 is 5.32 Å². The fraction of sp³-hybridized carbons (Fsp3) is 0.357. The summed E-state index contributed by atoms with van der Waals surface area (Å²) in [4.78, 5) is 22.9. The topological polar surface area (TPSA) is 79.2 Å². The Morgan fingerprint density at radius 1 is 1.50 bits per heavy atom. The highest BCUT2D eigenvalue weighted by Gasteiger charge is 2.13. The fourth-order valence-corrected chi connectivity index (χ4v) is 2.33. The Morgan fingerprint density at radius 2 is 2.25 bits per heavy atom. The zero-order chi connectivity index (χ0) is 15.0. The van der Waals surface area contributed by atoms with Crippen molar-refractivity contribution < 1.29 is 14.3 Å². The molecule has 1 N–H and O–H groups in total. The third kappa shape index (κ3) is 5.33. The van der Waals surface area contributed by atoms with Crippen LogP contribution in [0.5, 0.6) is 0 Å². The molecular formula is C14H16N2O3S. The Bertz CT molecular complexity index is 525. The molecule has 106 valence electrons. The fourth-order valence-electron chi connectivity index (χ4n) is 1.46. The lowest BCUT2D eigenvalue weighted by Crippen LogP contribution is -2.18. The summed E-state index contributed by atoms with van der Waals surface area (Å²) in [6.45, 7) is 1.76. The van der Waals surface area contributed by atoms with E-state index in [9.17, 15) is 9.59 Å². The number of ether oxygens (including phenoxy) is 1. The van der Waals surface area contributed by atoms with E-state index in [0.29, 0.717) is 17.0 Å². The summed E-state index contributed by atoms with van der Waals surface area (Å²) in [6.07, 6.45) is 0. The van der Waals surface area contributed by atoms with Crippen LogP contribution >= 0.6 is 11.8 Å². The summed E-state index contributed by atoms with van der Waals surface area (Å²) >= 11 is 1.36. The first kappa shape index (κ1) is 16.1. The summed E-state index contributed by atoms with van der Waals surface area (Å²) in [7, 11) is 1.35. The zero-order valence-corrected chi connectivity index (χ0v) is 12.2. The van der Waals surface area contributed by atoms with Crippen molar-refractivity contribution in [1.29, 1.82) is 5.26 Å². The van der Waals surface area contributed by atoms with Gasteiger partial charge in [-0.3, -0.25) is 9.59 Å². The third-order valence-corrected chi connectivity index (χ3v) is 3.68. The molecule has 0 spiro atoms. The molecule has 0 radical (unpaired) electrons. The van der Waals surface area contributed by atoms with Crippen molar-refractivity contribution in [3.8, 4) is 6.07 Å². The van der Waals surface area contributed by atoms with Gasteiger partial charge in [0.1, 0.15) is 0 Å². The Kier molecular flexibility index (Phi) is 6.60. The maximum atomic E-state index is 11.7. The van der Waals surface area contributed by atoms with Gasteiger partial charge in [-0.2, -0.15) is 17.0 Å². The van der Waals surface area contributed by atoms with Crippen molar-refractivity contribution in [3.63, 3.8) is 0 Å². The molecule has 0 saturated carbocycles. The van der Waals surface area contributed by atoms with Gasteiger partial charge in [0.25, 0.3) is 0 Å². The normalized spacial score (nSPS) is 11.2. The first-order valence-electron chi connectivity index (χ1n) is 6.02. The number of thioether (sulfide) groups is 1. The summed E-state index contributed by atoms with van der Waals surface area (Å²) in [5.74, 6) is 0.0951. The van der Waals surface area contributed by atoms with Gasteiger partial charge in [-0.25, -0.2) is 0 Å². The van der Waals surface area contributed by atoms with Crippen LogP contribution in [0.25, 0.3) is 0 Å². The van der Waals surface area contributed by atoms with Crippen LogP contribution in [-0.2, 0) is 14.3 Å². The zero-order valence-electron chi connectivity index (χ0n) is 11.4. The van der Waals surface area contributed by atoms with E-state index in [0.717, 1.165) is 0 Å². The highest BCUT2D eigenvalue weighted by atomic mass is 32.2. The van der Waals surface area contributed by atoms with Gasteiger partial charge >= 0.3 is 5.97 Å². The van der Waals surface area contributed by atoms with Crippen LogP contribution in [-0.4, -0.2) is 30.5 Å². The second kappa shape index (κ2) is 8.23. The number of rotatable bonds is 6. The number of carbonyl (C=O) groups is 2. The molecule has 1 amide bonds. The number of nitriles is 1. The van der Waals surface area contributed by atoms with Gasteiger partial charge in [-0.05, 0) is 18.2 Å². The molecule has 0 fully saturated rings. The molecule has 0 heterocycles. The lowest BCUT2D eigenvalue weighted by Gasteiger charge is -2.09. The molecule has 0 aromatic heterocycles. The number of nitrogens with zero attached hydrogens (tertiary/aromatic N) is 1. The largest absolute Gasteiger partial charge is 0.469 e. The number of carbonyl (C=O) groups excluding carboxylic acids is 2. The average molecular weight is 292 g/mol. The number of hydrogen-bond acceptors (Lipinski definition) is 5. The molecule has 5 nitrogen and oxygen atoms in total. The average Bonchev–Trinajstić information content (AvgIpc) is 2.46. The number of amides is 1. The van der Waals surface area contributed by atoms with Gasteiger partial charge in [0.05, 0.1) is 30.4 Å². The number of methoxy groups -OCH3 is 1. The molecule has 1 aromatic rings. The molecule has 0 bridgehead atoms. The summed E-state index contributed by atoms with van der Waals surface area (Å²) in [6, 6.07) is 8.72. The van der Waals surface area contributed by atoms with Gasteiger partial charge in [0.2, 0.25) is 5.91 Å². The molecule has 0 saturated heterocycles. The summed E-state index contributed by atoms with van der Waals surface area (Å²) in [5, 5.41) is 11.5. The Labute approximate surface area is 122 Å². The van der Waals surface area contributed by atoms with Crippen LogP contribution in [0.3, 0.4) is 0 Å². The highest BCUT2D eigenvalue weighted by Crippen LogP contribution is 2.13. The van der Waals surface area contributed by atoms with Crippen molar-refractivity contribution in [1.82, 2.24) is 0 Å². The van der Waals surface area contributed by atoms with Crippen molar-refractivity contribution in [3.05, 3.63) is 29.8 Å². The number of esters is 1. The van der Waals surface area contributed by atoms with Crippen LogP contribution in [0.4, 0.5) is 5.69 Å². The molecule has 0 aliphatic rings. The molecular weight excluding hydrogens is 276 g/mol. The molecule has 1 atom stereocenters. The molecule has 1 rings (SSSR count). The number of benzene rings is 1. The van der Waals surface area contributed by atoms with Crippen molar-refractivity contribution in [2.24, 2.45) is 5.92 Å². The summed E-state index contributed by atoms with van der Waals surface area (Å²) in [5.41, 5.74) is 1.09. The second-order valence-electron chi connectivity index (χ2n) is 4.18. The van der Waals surface area contributed by atoms with E-state index >= 15 is 0 Å². The number of hydrogen-bond donors (Lipinski definition) is 1. The minimum atomic E-state index is -0.278. The number of anilines is 1. The third-order valence-electron chi connectivity index (χ3n) is 2.48. The maximum absolute atomic E-state index is 11.7. The van der Waals surface area contributed by atoms with Crippen molar-refractivity contribution >= 4 is 29.3 Å². The number of nitrogens with one attached hydrogen (secondary N) is 1. The monoisotopic (exact) mass is 292 g/mol. The van der Waals surface area contributed by atoms with Crippen LogP contribution in [0.1, 0.15) is 12.5 Å². The Hall–Kier alpha value is -2.00. The molecule has 6 heteroatoms. The Morgan fingerprint density at radius 3 is 2.90 bits per heavy atom. The van der Waals surface area contributed by atoms with Gasteiger partial charge < -0.3 is 10.1 Å². The van der Waals surface area contributed by atoms with Gasteiger partial charge in [0.15, 0.2) is 0 Å². The minimum absolute atomic E-state index is 0.165. The molecule has 0 aliphatic heterocycles. The van der Waals surface area contributed by atoms with Gasteiger partial charge in [0, 0.05) is 11.4 Å². The first-order chi connectivity index (χ1) is 9.56. The quantitative estimate of drug-likeness (QED) is 0.812. The van der Waals surface area contributed by atoms with E-state index in [1.165, 1.54) is 18.9 Å². The van der Waals surface area contributed by atoms with Crippen LogP contribution in [0, 0.1) is 17.2 Å². The SMILES string of the molecule is COC(=O)C(C)CSCC(=O)Nc1cccc(C#N)c1. The Balaban J connectivity index is 2.37. The predicted octanol–water partition coefficient (Wildman–Crippen LogP) is 2.04. The summed E-state index contributed by atoms with van der Waals surface area (Å²) < 4.78 is 4.61. The second-order valence-corrected chi connectivity index (χ2v) is 5.21. The van der Waals surface area contributed by atoms with E-state index < -0.39 is 0 Å². The maximum Gasteiger partial charge on any atom is 0.309 e. The standard InChI is InChI=1S/C14H16N2O3S/c1-10(14(18)19-2)8-20-9-13(17)16-12-5-3-4-11(6-12)7-15/h3-6,10H,8-9H2,1-2H3,(H,16,17). The molecule has 1 unspecified atom stereocenters.